The lowest BCUT2D eigenvalue weighted by atomic mass is 10.0. The number of hydrogen-bond acceptors (Lipinski definition) is 7. The highest BCUT2D eigenvalue weighted by Gasteiger charge is 2.43. The number of pyridine rings is 1. The van der Waals surface area contributed by atoms with Crippen molar-refractivity contribution in [1.29, 1.82) is 5.26 Å². The Morgan fingerprint density at radius 1 is 1.11 bits per heavy atom. The molecule has 0 radical (unpaired) electrons. The van der Waals surface area contributed by atoms with E-state index >= 15 is 0 Å². The number of aromatic amines is 1. The van der Waals surface area contributed by atoms with Crippen LogP contribution in [0.1, 0.15) is 53.1 Å². The van der Waals surface area contributed by atoms with Crippen molar-refractivity contribution in [2.45, 2.75) is 25.9 Å². The van der Waals surface area contributed by atoms with Crippen molar-refractivity contribution in [3.8, 4) is 29.2 Å². The quantitative estimate of drug-likeness (QED) is 0.388. The number of nitrogens with zero attached hydrogens (tertiary/aromatic N) is 5. The summed E-state index contributed by atoms with van der Waals surface area (Å²) in [5.41, 5.74) is 3.78. The summed E-state index contributed by atoms with van der Waals surface area (Å²) in [4.78, 5) is 38.7. The first-order chi connectivity index (χ1) is 18.3. The van der Waals surface area contributed by atoms with Crippen LogP contribution in [0.2, 0.25) is 5.02 Å². The van der Waals surface area contributed by atoms with Crippen LogP contribution in [-0.4, -0.2) is 39.6 Å². The number of H-pyrrole nitrogens is 1. The van der Waals surface area contributed by atoms with Crippen molar-refractivity contribution < 1.29 is 14.3 Å². The number of fused-ring (bicyclic) bond motifs is 1. The zero-order valence-electron chi connectivity index (χ0n) is 21.0. The van der Waals surface area contributed by atoms with Crippen LogP contribution in [0.4, 0.5) is 5.69 Å². The van der Waals surface area contributed by atoms with Gasteiger partial charge in [0, 0.05) is 18.4 Å². The molecule has 0 aliphatic carbocycles. The third-order valence-electron chi connectivity index (χ3n) is 6.42. The summed E-state index contributed by atoms with van der Waals surface area (Å²) in [6.45, 7) is 4.03. The number of nitriles is 1. The van der Waals surface area contributed by atoms with E-state index in [-0.39, 0.29) is 23.0 Å². The molecule has 3 aromatic heterocycles. The molecule has 11 heteroatoms. The van der Waals surface area contributed by atoms with Crippen LogP contribution in [-0.2, 0) is 0 Å². The Balaban J connectivity index is 1.78. The first kappa shape index (κ1) is 25.0. The third kappa shape index (κ3) is 3.97. The number of rotatable bonds is 6. The predicted molar refractivity (Wildman–Crippen MR) is 141 cm³/mol. The maximum atomic E-state index is 14.0. The second-order valence-electron chi connectivity index (χ2n) is 8.92. The van der Waals surface area contributed by atoms with Gasteiger partial charge in [-0.25, -0.2) is 4.98 Å². The van der Waals surface area contributed by atoms with Gasteiger partial charge in [0.2, 0.25) is 5.88 Å². The molecule has 0 spiro atoms. The Bertz CT molecular complexity index is 1650. The van der Waals surface area contributed by atoms with E-state index in [0.717, 1.165) is 11.3 Å². The van der Waals surface area contributed by atoms with Crippen molar-refractivity contribution in [2.75, 3.05) is 19.1 Å². The van der Waals surface area contributed by atoms with Gasteiger partial charge in [0.25, 0.3) is 11.5 Å². The second-order valence-corrected chi connectivity index (χ2v) is 9.33. The van der Waals surface area contributed by atoms with Gasteiger partial charge in [-0.2, -0.15) is 10.2 Å². The molecule has 4 aromatic rings. The Morgan fingerprint density at radius 2 is 1.84 bits per heavy atom. The molecule has 4 heterocycles. The number of methoxy groups -OCH3 is 2. The van der Waals surface area contributed by atoms with Gasteiger partial charge >= 0.3 is 6.01 Å². The number of anilines is 1. The zero-order valence-corrected chi connectivity index (χ0v) is 21.8. The largest absolute Gasteiger partial charge is 0.480 e. The topological polar surface area (TPSA) is 126 Å². The minimum Gasteiger partial charge on any atom is -0.480 e. The molecule has 5 rings (SSSR count). The fraction of sp³-hybridized carbons (Fsp3) is 0.222. The lowest BCUT2D eigenvalue weighted by molar-refractivity contribution is 0.0993. The summed E-state index contributed by atoms with van der Waals surface area (Å²) in [7, 11) is 2.98. The molecule has 0 fully saturated rings. The van der Waals surface area contributed by atoms with Gasteiger partial charge in [0.15, 0.2) is 0 Å². The Labute approximate surface area is 223 Å². The third-order valence-corrected chi connectivity index (χ3v) is 6.70. The van der Waals surface area contributed by atoms with Crippen LogP contribution in [0.25, 0.3) is 11.3 Å². The Hall–Kier alpha value is -4.62. The molecule has 1 aliphatic rings. The average Bonchev–Trinajstić information content (AvgIpc) is 3.45. The van der Waals surface area contributed by atoms with Crippen LogP contribution in [0.3, 0.4) is 0 Å². The number of nitrogens with one attached hydrogen (secondary N) is 1. The van der Waals surface area contributed by atoms with Gasteiger partial charge < -0.3 is 19.0 Å². The molecule has 1 aromatic carbocycles. The molecule has 0 bridgehead atoms. The molecule has 1 unspecified atom stereocenters. The van der Waals surface area contributed by atoms with E-state index in [1.807, 2.05) is 26.0 Å². The van der Waals surface area contributed by atoms with Crippen molar-refractivity contribution in [3.63, 3.8) is 0 Å². The minimum atomic E-state index is -0.575. The minimum absolute atomic E-state index is 0.0296. The van der Waals surface area contributed by atoms with Gasteiger partial charge in [0.1, 0.15) is 11.1 Å². The van der Waals surface area contributed by atoms with Gasteiger partial charge in [-0.15, -0.1) is 0 Å². The fourth-order valence-electron chi connectivity index (χ4n) is 4.80. The van der Waals surface area contributed by atoms with Gasteiger partial charge in [-0.1, -0.05) is 23.7 Å². The van der Waals surface area contributed by atoms with E-state index in [4.69, 9.17) is 21.1 Å². The summed E-state index contributed by atoms with van der Waals surface area (Å²) in [6, 6.07) is 12.0. The summed E-state index contributed by atoms with van der Waals surface area (Å²) in [6.07, 6.45) is 3.07. The normalized spacial score (nSPS) is 14.5. The van der Waals surface area contributed by atoms with E-state index in [9.17, 15) is 14.9 Å². The molecule has 1 amide bonds. The summed E-state index contributed by atoms with van der Waals surface area (Å²) in [5.74, 6) is 0.0353. The van der Waals surface area contributed by atoms with E-state index < -0.39 is 11.6 Å². The summed E-state index contributed by atoms with van der Waals surface area (Å²) in [5, 5.41) is 9.28. The smallest absolute Gasteiger partial charge is 0.319 e. The summed E-state index contributed by atoms with van der Waals surface area (Å²) < 4.78 is 12.7. The molecule has 192 valence electrons. The van der Waals surface area contributed by atoms with E-state index in [0.29, 0.717) is 34.0 Å². The van der Waals surface area contributed by atoms with Crippen LogP contribution in [0.15, 0.2) is 53.6 Å². The molecule has 0 saturated carbocycles. The highest BCUT2D eigenvalue weighted by atomic mass is 35.5. The molecule has 0 saturated heterocycles. The van der Waals surface area contributed by atoms with Gasteiger partial charge in [-0.3, -0.25) is 14.5 Å². The fourth-order valence-corrected chi connectivity index (χ4v) is 4.97. The molecule has 1 atom stereocenters. The molecule has 10 nitrogen and oxygen atoms in total. The number of amides is 1. The van der Waals surface area contributed by atoms with Crippen molar-refractivity contribution >= 4 is 23.2 Å². The average molecular weight is 531 g/mol. The molecule has 38 heavy (non-hydrogen) atoms. The van der Waals surface area contributed by atoms with Crippen LogP contribution in [0, 0.1) is 11.3 Å². The van der Waals surface area contributed by atoms with E-state index in [1.54, 1.807) is 29.3 Å². The number of ether oxygens (including phenoxy) is 2. The number of aromatic nitrogens is 4. The standard InChI is InChI=1S/C27H23ClN6O4/c1-14(2)33-21(19-13-31-27(38-4)32-25(19)37-3)10-18-23(33)22(16-7-5-15(11-29)6-8-16)34(26(18)36)17-9-20(28)24(35)30-12-17/h5-10,12-14,22H,1-4H3,(H,30,35). The Morgan fingerprint density at radius 3 is 2.45 bits per heavy atom. The maximum absolute atomic E-state index is 14.0. The molecular formula is C27H23ClN6O4. The number of halogens is 1. The lowest BCUT2D eigenvalue weighted by Gasteiger charge is -2.29. The van der Waals surface area contributed by atoms with E-state index in [2.05, 4.69) is 25.6 Å². The molecule has 1 N–H and O–H groups in total. The van der Waals surface area contributed by atoms with Crippen LogP contribution >= 0.6 is 11.6 Å². The van der Waals surface area contributed by atoms with Crippen molar-refractivity contribution in [2.24, 2.45) is 0 Å². The molecule has 1 aliphatic heterocycles. The van der Waals surface area contributed by atoms with Crippen molar-refractivity contribution in [1.82, 2.24) is 19.5 Å². The maximum Gasteiger partial charge on any atom is 0.319 e. The number of hydrogen-bond donors (Lipinski definition) is 1. The first-order valence-electron chi connectivity index (χ1n) is 11.7. The van der Waals surface area contributed by atoms with Crippen LogP contribution in [0.5, 0.6) is 11.9 Å². The number of carbonyl (C=O) groups is 1. The second kappa shape index (κ2) is 9.68. The Kier molecular flexibility index (Phi) is 6.38. The van der Waals surface area contributed by atoms with Gasteiger partial charge in [0.05, 0.1) is 54.1 Å². The van der Waals surface area contributed by atoms with E-state index in [1.165, 1.54) is 26.5 Å². The molecular weight excluding hydrogens is 508 g/mol. The van der Waals surface area contributed by atoms with Gasteiger partial charge in [-0.05, 0) is 43.7 Å². The number of carbonyl (C=O) groups excluding carboxylic acids is 1. The SMILES string of the molecule is COc1ncc(-c2cc3c(n2C(C)C)C(c2ccc(C#N)cc2)N(c2c[nH]c(=O)c(Cl)c2)C3=O)c(OC)n1. The highest BCUT2D eigenvalue weighted by molar-refractivity contribution is 6.30. The summed E-state index contributed by atoms with van der Waals surface area (Å²) >= 11 is 6.14. The van der Waals surface area contributed by atoms with Crippen LogP contribution < -0.4 is 19.9 Å². The zero-order chi connectivity index (χ0) is 27.1. The first-order valence-corrected chi connectivity index (χ1v) is 12.1. The van der Waals surface area contributed by atoms with Crippen molar-refractivity contribution in [3.05, 3.63) is 86.6 Å². The lowest BCUT2D eigenvalue weighted by Crippen LogP contribution is -2.30. The highest BCUT2D eigenvalue weighted by Crippen LogP contribution is 2.47. The monoisotopic (exact) mass is 530 g/mol. The number of benzene rings is 1. The predicted octanol–water partition coefficient (Wildman–Crippen LogP) is 4.51.